The summed E-state index contributed by atoms with van der Waals surface area (Å²) < 4.78 is 5.86. The van der Waals surface area contributed by atoms with Gasteiger partial charge in [-0.15, -0.1) is 0 Å². The van der Waals surface area contributed by atoms with Crippen molar-refractivity contribution in [2.75, 3.05) is 31.4 Å². The Labute approximate surface area is 103 Å². The van der Waals surface area contributed by atoms with Gasteiger partial charge < -0.3 is 20.9 Å². The van der Waals surface area contributed by atoms with E-state index in [-0.39, 0.29) is 12.6 Å². The average Bonchev–Trinajstić information content (AvgIpc) is 2.24. The molecule has 1 atom stereocenters. The molecular weight excluding hydrogens is 274 g/mol. The third kappa shape index (κ3) is 3.62. The summed E-state index contributed by atoms with van der Waals surface area (Å²) in [7, 11) is 1.62. The minimum atomic E-state index is 0.0241. The van der Waals surface area contributed by atoms with Crippen LogP contribution in [0.4, 0.5) is 11.4 Å². The van der Waals surface area contributed by atoms with Gasteiger partial charge in [0.05, 0.1) is 34.7 Å². The van der Waals surface area contributed by atoms with Gasteiger partial charge in [0.1, 0.15) is 0 Å². The Morgan fingerprint density at radius 1 is 1.62 bits per heavy atom. The summed E-state index contributed by atoms with van der Waals surface area (Å²) in [6, 6.07) is 0.0241. The predicted octanol–water partition coefficient (Wildman–Crippen LogP) is 1.24. The fraction of sp³-hybridized carbons (Fsp3) is 0.500. The lowest BCUT2D eigenvalue weighted by Crippen LogP contribution is -2.26. The zero-order chi connectivity index (χ0) is 12.0. The third-order valence-electron chi connectivity index (χ3n) is 2.12. The molecule has 4 N–H and O–H groups in total. The van der Waals surface area contributed by atoms with Crippen LogP contribution < -0.4 is 11.1 Å². The Hall–Kier alpha value is -0.850. The van der Waals surface area contributed by atoms with Crippen molar-refractivity contribution in [3.63, 3.8) is 0 Å². The number of aromatic nitrogens is 1. The molecule has 6 heteroatoms. The highest BCUT2D eigenvalue weighted by Gasteiger charge is 2.11. The Morgan fingerprint density at radius 2 is 2.38 bits per heavy atom. The number of halogens is 1. The van der Waals surface area contributed by atoms with Gasteiger partial charge >= 0.3 is 0 Å². The van der Waals surface area contributed by atoms with Crippen LogP contribution in [0.3, 0.4) is 0 Å². The molecule has 0 bridgehead atoms. The number of nitrogen functional groups attached to an aromatic ring is 1. The van der Waals surface area contributed by atoms with Gasteiger partial charge in [-0.3, -0.25) is 4.98 Å². The number of anilines is 2. The molecule has 1 aromatic rings. The van der Waals surface area contributed by atoms with Crippen LogP contribution in [-0.2, 0) is 4.74 Å². The number of aliphatic hydroxyl groups excluding tert-OH is 1. The van der Waals surface area contributed by atoms with Gasteiger partial charge in [0.25, 0.3) is 0 Å². The summed E-state index contributed by atoms with van der Waals surface area (Å²) in [4.78, 5) is 3.95. The molecule has 0 aliphatic carbocycles. The number of nitrogens with two attached hydrogens (primary N) is 1. The molecule has 0 amide bonds. The average molecular weight is 290 g/mol. The van der Waals surface area contributed by atoms with Crippen LogP contribution >= 0.6 is 15.9 Å². The SMILES string of the molecule is COCC(CCO)Nc1c(N)cncc1Br. The van der Waals surface area contributed by atoms with Crippen LogP contribution in [0.15, 0.2) is 16.9 Å². The van der Waals surface area contributed by atoms with Crippen LogP contribution in [0.2, 0.25) is 0 Å². The van der Waals surface area contributed by atoms with Crippen molar-refractivity contribution in [1.29, 1.82) is 0 Å². The molecule has 0 fully saturated rings. The van der Waals surface area contributed by atoms with Crippen molar-refractivity contribution < 1.29 is 9.84 Å². The molecule has 1 heterocycles. The van der Waals surface area contributed by atoms with Crippen LogP contribution in [0.25, 0.3) is 0 Å². The van der Waals surface area contributed by atoms with E-state index in [4.69, 9.17) is 15.6 Å². The molecule has 1 rings (SSSR count). The largest absolute Gasteiger partial charge is 0.396 e. The monoisotopic (exact) mass is 289 g/mol. The molecule has 90 valence electrons. The summed E-state index contributed by atoms with van der Waals surface area (Å²) in [5.74, 6) is 0. The highest BCUT2D eigenvalue weighted by Crippen LogP contribution is 2.27. The lowest BCUT2D eigenvalue weighted by atomic mass is 10.2. The minimum absolute atomic E-state index is 0.0241. The number of hydrogen-bond acceptors (Lipinski definition) is 5. The molecule has 0 aromatic carbocycles. The Morgan fingerprint density at radius 3 is 2.94 bits per heavy atom. The van der Waals surface area contributed by atoms with E-state index in [0.29, 0.717) is 18.7 Å². The molecule has 16 heavy (non-hydrogen) atoms. The maximum absolute atomic E-state index is 8.93. The van der Waals surface area contributed by atoms with Crippen molar-refractivity contribution in [2.45, 2.75) is 12.5 Å². The fourth-order valence-corrected chi connectivity index (χ4v) is 1.82. The van der Waals surface area contributed by atoms with Crippen LogP contribution in [-0.4, -0.2) is 36.5 Å². The first kappa shape index (κ1) is 13.2. The third-order valence-corrected chi connectivity index (χ3v) is 2.72. The normalized spacial score (nSPS) is 12.4. The molecule has 1 aromatic heterocycles. The predicted molar refractivity (Wildman–Crippen MR) is 67.3 cm³/mol. The standard InChI is InChI=1S/C10H16BrN3O2/c1-16-6-7(2-3-15)14-10-8(11)4-13-5-9(10)12/h4-5,7,15H,2-3,6,12H2,1H3,(H,13,14). The summed E-state index contributed by atoms with van der Waals surface area (Å²) >= 11 is 3.37. The second-order valence-corrected chi connectivity index (χ2v) is 4.25. The van der Waals surface area contributed by atoms with Crippen LogP contribution in [0, 0.1) is 0 Å². The lowest BCUT2D eigenvalue weighted by molar-refractivity contribution is 0.170. The van der Waals surface area contributed by atoms with Crippen LogP contribution in [0.1, 0.15) is 6.42 Å². The maximum atomic E-state index is 8.93. The Bertz CT molecular complexity index is 310. The lowest BCUT2D eigenvalue weighted by Gasteiger charge is -2.20. The quantitative estimate of drug-likeness (QED) is 0.734. The number of methoxy groups -OCH3 is 1. The molecule has 0 saturated heterocycles. The molecule has 0 radical (unpaired) electrons. The molecule has 0 spiro atoms. The second kappa shape index (κ2) is 6.67. The number of ether oxygens (including phenoxy) is 1. The Kier molecular flexibility index (Phi) is 5.51. The van der Waals surface area contributed by atoms with E-state index >= 15 is 0 Å². The highest BCUT2D eigenvalue weighted by molar-refractivity contribution is 9.10. The van der Waals surface area contributed by atoms with Crippen molar-refractivity contribution in [1.82, 2.24) is 4.98 Å². The maximum Gasteiger partial charge on any atom is 0.0752 e. The molecular formula is C10H16BrN3O2. The number of nitrogens with zero attached hydrogens (tertiary/aromatic N) is 1. The number of hydrogen-bond donors (Lipinski definition) is 3. The molecule has 5 nitrogen and oxygen atoms in total. The van der Waals surface area contributed by atoms with Gasteiger partial charge in [0, 0.05) is 19.9 Å². The second-order valence-electron chi connectivity index (χ2n) is 3.39. The number of aliphatic hydroxyl groups is 1. The van der Waals surface area contributed by atoms with Gasteiger partial charge in [-0.2, -0.15) is 0 Å². The van der Waals surface area contributed by atoms with E-state index in [1.54, 1.807) is 19.5 Å². The fourth-order valence-electron chi connectivity index (χ4n) is 1.36. The smallest absolute Gasteiger partial charge is 0.0752 e. The van der Waals surface area contributed by atoms with E-state index in [1.807, 2.05) is 0 Å². The molecule has 0 saturated carbocycles. The topological polar surface area (TPSA) is 80.4 Å². The molecule has 0 aliphatic heterocycles. The van der Waals surface area contributed by atoms with Gasteiger partial charge in [-0.25, -0.2) is 0 Å². The number of pyridine rings is 1. The summed E-state index contributed by atoms with van der Waals surface area (Å²) in [6.45, 7) is 0.610. The van der Waals surface area contributed by atoms with E-state index in [2.05, 4.69) is 26.2 Å². The van der Waals surface area contributed by atoms with Crippen molar-refractivity contribution in [3.05, 3.63) is 16.9 Å². The van der Waals surface area contributed by atoms with E-state index in [1.165, 1.54) is 0 Å². The van der Waals surface area contributed by atoms with Gasteiger partial charge in [0.15, 0.2) is 0 Å². The van der Waals surface area contributed by atoms with Crippen molar-refractivity contribution in [3.8, 4) is 0 Å². The van der Waals surface area contributed by atoms with Gasteiger partial charge in [-0.05, 0) is 22.4 Å². The first-order chi connectivity index (χ1) is 7.69. The molecule has 1 unspecified atom stereocenters. The van der Waals surface area contributed by atoms with Gasteiger partial charge in [0.2, 0.25) is 0 Å². The van der Waals surface area contributed by atoms with E-state index < -0.39 is 0 Å². The first-order valence-corrected chi connectivity index (χ1v) is 5.73. The van der Waals surface area contributed by atoms with E-state index in [9.17, 15) is 0 Å². The van der Waals surface area contributed by atoms with Crippen molar-refractivity contribution in [2.24, 2.45) is 0 Å². The Balaban J connectivity index is 2.76. The summed E-state index contributed by atoms with van der Waals surface area (Å²) in [5.41, 5.74) is 7.15. The van der Waals surface area contributed by atoms with Gasteiger partial charge in [-0.1, -0.05) is 0 Å². The highest BCUT2D eigenvalue weighted by atomic mass is 79.9. The van der Waals surface area contributed by atoms with E-state index in [0.717, 1.165) is 10.2 Å². The molecule has 0 aliphatic rings. The zero-order valence-electron chi connectivity index (χ0n) is 9.11. The number of nitrogens with one attached hydrogen (secondary N) is 1. The minimum Gasteiger partial charge on any atom is -0.396 e. The summed E-state index contributed by atoms with van der Waals surface area (Å²) in [6.07, 6.45) is 3.85. The first-order valence-electron chi connectivity index (χ1n) is 4.94. The number of rotatable bonds is 6. The van der Waals surface area contributed by atoms with Crippen LogP contribution in [0.5, 0.6) is 0 Å². The van der Waals surface area contributed by atoms with Crippen molar-refractivity contribution >= 4 is 27.3 Å². The summed E-state index contributed by atoms with van der Waals surface area (Å²) in [5, 5.41) is 12.1. The zero-order valence-corrected chi connectivity index (χ0v) is 10.7.